The Hall–Kier alpha value is -1.94. The number of unbranched alkanes of at least 4 members (excludes halogenated alkanes) is 37. The quantitative estimate of drug-likeness (QED) is 0.0222. The van der Waals surface area contributed by atoms with Gasteiger partial charge in [0.05, 0.1) is 26.4 Å². The van der Waals surface area contributed by atoms with Crippen molar-refractivity contribution in [1.82, 2.24) is 0 Å². The number of aliphatic hydroxyl groups excluding tert-OH is 1. The maximum Gasteiger partial charge on any atom is 0.472 e. The van der Waals surface area contributed by atoms with Crippen LogP contribution >= 0.6 is 15.6 Å². The lowest BCUT2D eigenvalue weighted by Gasteiger charge is -2.21. The predicted octanol–water partition coefficient (Wildman–Crippen LogP) is 18.6. The lowest BCUT2D eigenvalue weighted by Crippen LogP contribution is -2.30. The Balaban J connectivity index is 5.23. The standard InChI is InChI=1S/C66H128O17P2/c1-6-10-13-16-19-22-25-26-27-28-29-32-35-42-47-52-66(71)83-62(56-77-64(69)50-45-40-37-36-38-43-48-59(5)9-4)58-81-85(74,75)79-54-60(67)53-78-84(72,73)80-57-61(82-65(70)51-46-41-34-31-24-21-18-15-12-8-3)55-76-63(68)49-44-39-33-30-23-20-17-14-11-7-2/h59-62,67H,6-58H2,1-5H3,(H,72,73)(H,74,75)/t59?,60-,61+,62+/m0/s1. The molecule has 19 heteroatoms. The van der Waals surface area contributed by atoms with Crippen molar-refractivity contribution in [2.45, 2.75) is 355 Å². The van der Waals surface area contributed by atoms with Crippen molar-refractivity contribution in [1.29, 1.82) is 0 Å². The van der Waals surface area contributed by atoms with E-state index in [1.807, 2.05) is 0 Å². The van der Waals surface area contributed by atoms with Crippen molar-refractivity contribution in [2.24, 2.45) is 5.92 Å². The van der Waals surface area contributed by atoms with E-state index >= 15 is 0 Å². The summed E-state index contributed by atoms with van der Waals surface area (Å²) in [6.07, 6.45) is 44.3. The number of ether oxygens (including phenoxy) is 4. The topological polar surface area (TPSA) is 237 Å². The zero-order valence-corrected chi connectivity index (χ0v) is 56.5. The zero-order chi connectivity index (χ0) is 62.8. The van der Waals surface area contributed by atoms with E-state index in [4.69, 9.17) is 37.0 Å². The minimum Gasteiger partial charge on any atom is -0.462 e. The minimum absolute atomic E-state index is 0.107. The van der Waals surface area contributed by atoms with Crippen molar-refractivity contribution in [2.75, 3.05) is 39.6 Å². The average molecular weight is 1260 g/mol. The van der Waals surface area contributed by atoms with Gasteiger partial charge in [-0.25, -0.2) is 9.13 Å². The van der Waals surface area contributed by atoms with Crippen LogP contribution in [-0.2, 0) is 65.4 Å². The first-order valence-corrected chi connectivity index (χ1v) is 37.7. The highest BCUT2D eigenvalue weighted by Crippen LogP contribution is 2.45. The smallest absolute Gasteiger partial charge is 0.462 e. The maximum absolute atomic E-state index is 13.0. The van der Waals surface area contributed by atoms with Gasteiger partial charge in [0.25, 0.3) is 0 Å². The molecule has 0 bridgehead atoms. The highest BCUT2D eigenvalue weighted by molar-refractivity contribution is 7.47. The van der Waals surface area contributed by atoms with Crippen molar-refractivity contribution in [3.05, 3.63) is 0 Å². The van der Waals surface area contributed by atoms with Crippen LogP contribution in [0.15, 0.2) is 0 Å². The van der Waals surface area contributed by atoms with Gasteiger partial charge in [0.2, 0.25) is 0 Å². The Morgan fingerprint density at radius 1 is 0.329 bits per heavy atom. The Kier molecular flexibility index (Phi) is 58.3. The summed E-state index contributed by atoms with van der Waals surface area (Å²) in [6.45, 7) is 7.16. The Labute approximate surface area is 517 Å². The molecule has 0 saturated carbocycles. The third-order valence-corrected chi connectivity index (χ3v) is 17.5. The molecule has 3 N–H and O–H groups in total. The van der Waals surface area contributed by atoms with Crippen LogP contribution in [0.4, 0.5) is 0 Å². The monoisotopic (exact) mass is 1250 g/mol. The van der Waals surface area contributed by atoms with Crippen LogP contribution in [0.25, 0.3) is 0 Å². The number of aliphatic hydroxyl groups is 1. The van der Waals surface area contributed by atoms with E-state index in [1.165, 1.54) is 154 Å². The number of hydrogen-bond acceptors (Lipinski definition) is 15. The predicted molar refractivity (Wildman–Crippen MR) is 340 cm³/mol. The average Bonchev–Trinajstić information content (AvgIpc) is 3.64. The number of carbonyl (C=O) groups is 4. The molecule has 504 valence electrons. The molecular weight excluding hydrogens is 1130 g/mol. The molecule has 0 amide bonds. The molecular formula is C66H128O17P2. The minimum atomic E-state index is -4.95. The van der Waals surface area contributed by atoms with Crippen LogP contribution in [0.2, 0.25) is 0 Å². The van der Waals surface area contributed by atoms with Crippen molar-refractivity contribution >= 4 is 39.5 Å². The summed E-state index contributed by atoms with van der Waals surface area (Å²) in [7, 11) is -9.89. The van der Waals surface area contributed by atoms with E-state index in [2.05, 4.69) is 34.6 Å². The largest absolute Gasteiger partial charge is 0.472 e. The molecule has 17 nitrogen and oxygen atoms in total. The van der Waals surface area contributed by atoms with E-state index in [-0.39, 0.29) is 25.7 Å². The second-order valence-electron chi connectivity index (χ2n) is 24.1. The van der Waals surface area contributed by atoms with Gasteiger partial charge in [-0.1, -0.05) is 285 Å². The van der Waals surface area contributed by atoms with Gasteiger partial charge in [-0.2, -0.15) is 0 Å². The van der Waals surface area contributed by atoms with Crippen LogP contribution in [-0.4, -0.2) is 96.7 Å². The maximum atomic E-state index is 13.0. The van der Waals surface area contributed by atoms with Crippen LogP contribution in [0.5, 0.6) is 0 Å². The van der Waals surface area contributed by atoms with Gasteiger partial charge >= 0.3 is 39.5 Å². The molecule has 0 heterocycles. The molecule has 0 aliphatic heterocycles. The molecule has 0 rings (SSSR count). The summed E-state index contributed by atoms with van der Waals surface area (Å²) >= 11 is 0. The number of rotatable bonds is 66. The van der Waals surface area contributed by atoms with Gasteiger partial charge in [-0.3, -0.25) is 37.3 Å². The lowest BCUT2D eigenvalue weighted by atomic mass is 10.00. The molecule has 3 unspecified atom stereocenters. The van der Waals surface area contributed by atoms with Crippen LogP contribution < -0.4 is 0 Å². The van der Waals surface area contributed by atoms with Crippen LogP contribution in [0.1, 0.15) is 336 Å². The summed E-state index contributed by atoms with van der Waals surface area (Å²) in [5, 5.41) is 10.5. The summed E-state index contributed by atoms with van der Waals surface area (Å²) in [5.74, 6) is -1.40. The van der Waals surface area contributed by atoms with Crippen molar-refractivity contribution < 1.29 is 80.2 Å². The highest BCUT2D eigenvalue weighted by atomic mass is 31.2. The Morgan fingerprint density at radius 2 is 0.565 bits per heavy atom. The third-order valence-electron chi connectivity index (χ3n) is 15.6. The van der Waals surface area contributed by atoms with E-state index in [9.17, 15) is 43.2 Å². The summed E-state index contributed by atoms with van der Waals surface area (Å²) in [5.41, 5.74) is 0. The van der Waals surface area contributed by atoms with Crippen molar-refractivity contribution in [3.63, 3.8) is 0 Å². The molecule has 85 heavy (non-hydrogen) atoms. The van der Waals surface area contributed by atoms with Gasteiger partial charge in [-0.05, 0) is 31.6 Å². The number of hydrogen-bond donors (Lipinski definition) is 3. The fourth-order valence-electron chi connectivity index (χ4n) is 9.90. The lowest BCUT2D eigenvalue weighted by molar-refractivity contribution is -0.161. The first kappa shape index (κ1) is 83.1. The van der Waals surface area contributed by atoms with Gasteiger partial charge in [-0.15, -0.1) is 0 Å². The number of phosphoric acid groups is 2. The molecule has 0 saturated heterocycles. The summed E-state index contributed by atoms with van der Waals surface area (Å²) in [6, 6.07) is 0. The van der Waals surface area contributed by atoms with Crippen molar-refractivity contribution in [3.8, 4) is 0 Å². The normalized spacial score (nSPS) is 14.5. The van der Waals surface area contributed by atoms with E-state index in [0.29, 0.717) is 25.7 Å². The van der Waals surface area contributed by atoms with Gasteiger partial charge in [0.1, 0.15) is 19.3 Å². The highest BCUT2D eigenvalue weighted by Gasteiger charge is 2.30. The number of phosphoric ester groups is 2. The first-order chi connectivity index (χ1) is 41.1. The number of carbonyl (C=O) groups excluding carboxylic acids is 4. The molecule has 0 aromatic rings. The van der Waals surface area contributed by atoms with Crippen LogP contribution in [0.3, 0.4) is 0 Å². The molecule has 0 spiro atoms. The molecule has 0 radical (unpaired) electrons. The van der Waals surface area contributed by atoms with Gasteiger partial charge < -0.3 is 33.8 Å². The zero-order valence-electron chi connectivity index (χ0n) is 54.7. The molecule has 6 atom stereocenters. The van der Waals surface area contributed by atoms with E-state index < -0.39 is 97.5 Å². The van der Waals surface area contributed by atoms with E-state index in [0.717, 1.165) is 102 Å². The third kappa shape index (κ3) is 59.5. The first-order valence-electron chi connectivity index (χ1n) is 34.7. The van der Waals surface area contributed by atoms with Gasteiger partial charge in [0, 0.05) is 25.7 Å². The molecule has 0 aliphatic carbocycles. The molecule has 0 aromatic carbocycles. The van der Waals surface area contributed by atoms with Gasteiger partial charge in [0.15, 0.2) is 12.2 Å². The summed E-state index contributed by atoms with van der Waals surface area (Å²) < 4.78 is 68.1. The SMILES string of the molecule is CCCCCCCCCCCCCCCCCC(=O)O[C@H](COC(=O)CCCCCCCCC(C)CC)COP(=O)(O)OC[C@@H](O)COP(=O)(O)OC[C@@H](COC(=O)CCCCCCCCCCCC)OC(=O)CCCCCCCCCCCC. The van der Waals surface area contributed by atoms with E-state index in [1.54, 1.807) is 0 Å². The number of esters is 4. The van der Waals surface area contributed by atoms with Crippen LogP contribution in [0, 0.1) is 5.92 Å². The summed E-state index contributed by atoms with van der Waals surface area (Å²) in [4.78, 5) is 72.3. The Bertz CT molecular complexity index is 1650. The molecule has 0 aliphatic rings. The molecule has 0 fully saturated rings. The molecule has 0 aromatic heterocycles. The second-order valence-corrected chi connectivity index (χ2v) is 27.0. The second kappa shape index (κ2) is 59.7. The fraction of sp³-hybridized carbons (Fsp3) is 0.939. The fourth-order valence-corrected chi connectivity index (χ4v) is 11.5. The Morgan fingerprint density at radius 3 is 0.835 bits per heavy atom.